The van der Waals surface area contributed by atoms with E-state index in [4.69, 9.17) is 4.42 Å². The number of hydrogen-bond acceptors (Lipinski definition) is 2. The summed E-state index contributed by atoms with van der Waals surface area (Å²) in [5, 5.41) is 0. The first kappa shape index (κ1) is 11.4. The molecule has 0 saturated carbocycles. The first-order chi connectivity index (χ1) is 8.15. The minimum absolute atomic E-state index is 0.00308. The molecule has 0 unspecified atom stereocenters. The second-order valence-electron chi connectivity index (χ2n) is 3.90. The number of hydrogen-bond donors (Lipinski definition) is 0. The summed E-state index contributed by atoms with van der Waals surface area (Å²) in [5.41, 5.74) is 2.36. The Morgan fingerprint density at radius 3 is 2.47 bits per heavy atom. The number of aryl methyl sites for hydroxylation is 1. The molecule has 2 heteroatoms. The maximum atomic E-state index is 11.6. The molecule has 0 bridgehead atoms. The monoisotopic (exact) mass is 226 g/mol. The van der Waals surface area contributed by atoms with Gasteiger partial charge in [-0.1, -0.05) is 43.0 Å². The Morgan fingerprint density at radius 2 is 1.94 bits per heavy atom. The van der Waals surface area contributed by atoms with E-state index >= 15 is 0 Å². The molecule has 0 aliphatic heterocycles. The molecule has 0 saturated heterocycles. The lowest BCUT2D eigenvalue weighted by Gasteiger charge is -1.98. The van der Waals surface area contributed by atoms with Gasteiger partial charge in [-0.3, -0.25) is 4.79 Å². The van der Waals surface area contributed by atoms with Crippen LogP contribution in [0, 0.1) is 6.92 Å². The highest BCUT2D eigenvalue weighted by atomic mass is 16.3. The number of furan rings is 1. The molecule has 0 spiro atoms. The molecule has 2 nitrogen and oxygen atoms in total. The zero-order valence-electron chi connectivity index (χ0n) is 9.99. The third-order valence-electron chi connectivity index (χ3n) is 2.71. The van der Waals surface area contributed by atoms with Gasteiger partial charge in [-0.15, -0.1) is 0 Å². The van der Waals surface area contributed by atoms with E-state index in [1.165, 1.54) is 0 Å². The number of Topliss-reactive ketones (excluding diaryl/α,β-unsaturated/α-hetero) is 1. The summed E-state index contributed by atoms with van der Waals surface area (Å²) in [6.45, 7) is 7.10. The predicted octanol–water partition coefficient (Wildman–Crippen LogP) is 4.10. The quantitative estimate of drug-likeness (QED) is 0.737. The van der Waals surface area contributed by atoms with Gasteiger partial charge in [0.15, 0.2) is 5.78 Å². The fraction of sp³-hybridized carbons (Fsp3) is 0.133. The molecule has 0 N–H and O–H groups in total. The Kier molecular flexibility index (Phi) is 2.96. The fourth-order valence-electron chi connectivity index (χ4n) is 2.00. The van der Waals surface area contributed by atoms with Crippen LogP contribution in [0.1, 0.15) is 28.6 Å². The maximum absolute atomic E-state index is 11.6. The SMILES string of the molecule is C=Cc1c(-c2ccccc2)oc(C)c1C(C)=O. The molecule has 1 heterocycles. The third kappa shape index (κ3) is 1.94. The van der Waals surface area contributed by atoms with Crippen LogP contribution >= 0.6 is 0 Å². The van der Waals surface area contributed by atoms with Crippen LogP contribution in [0.15, 0.2) is 41.3 Å². The average molecular weight is 226 g/mol. The Hall–Kier alpha value is -2.09. The summed E-state index contributed by atoms with van der Waals surface area (Å²) in [5.74, 6) is 1.36. The molecule has 0 aliphatic rings. The van der Waals surface area contributed by atoms with E-state index in [9.17, 15) is 4.79 Å². The molecule has 1 aromatic carbocycles. The van der Waals surface area contributed by atoms with Crippen molar-refractivity contribution >= 4 is 11.9 Å². The Bertz CT molecular complexity index is 562. The summed E-state index contributed by atoms with van der Waals surface area (Å²) in [6.07, 6.45) is 1.68. The highest BCUT2D eigenvalue weighted by Gasteiger charge is 2.19. The fourth-order valence-corrected chi connectivity index (χ4v) is 2.00. The van der Waals surface area contributed by atoms with E-state index in [0.717, 1.165) is 11.1 Å². The largest absolute Gasteiger partial charge is 0.460 e. The van der Waals surface area contributed by atoms with Gasteiger partial charge in [0.1, 0.15) is 11.5 Å². The summed E-state index contributed by atoms with van der Waals surface area (Å²) in [6, 6.07) is 9.73. The molecule has 17 heavy (non-hydrogen) atoms. The van der Waals surface area contributed by atoms with Gasteiger partial charge in [0.05, 0.1) is 5.56 Å². The number of benzene rings is 1. The molecule has 2 aromatic rings. The van der Waals surface area contributed by atoms with Gasteiger partial charge in [0, 0.05) is 11.1 Å². The third-order valence-corrected chi connectivity index (χ3v) is 2.71. The predicted molar refractivity (Wildman–Crippen MR) is 69.0 cm³/mol. The molecule has 0 aliphatic carbocycles. The van der Waals surface area contributed by atoms with Crippen LogP contribution in [-0.2, 0) is 0 Å². The van der Waals surface area contributed by atoms with Crippen LogP contribution in [0.3, 0.4) is 0 Å². The van der Waals surface area contributed by atoms with E-state index in [1.54, 1.807) is 19.9 Å². The van der Waals surface area contributed by atoms with Gasteiger partial charge in [-0.05, 0) is 13.8 Å². The summed E-state index contributed by atoms with van der Waals surface area (Å²) in [4.78, 5) is 11.6. The van der Waals surface area contributed by atoms with Crippen molar-refractivity contribution in [1.82, 2.24) is 0 Å². The molecule has 1 aromatic heterocycles. The van der Waals surface area contributed by atoms with Crippen molar-refractivity contribution in [3.63, 3.8) is 0 Å². The van der Waals surface area contributed by atoms with E-state index < -0.39 is 0 Å². The van der Waals surface area contributed by atoms with Gasteiger partial charge >= 0.3 is 0 Å². The second kappa shape index (κ2) is 4.42. The lowest BCUT2D eigenvalue weighted by molar-refractivity contribution is 0.101. The molecular formula is C15H14O2. The van der Waals surface area contributed by atoms with E-state index in [-0.39, 0.29) is 5.78 Å². The van der Waals surface area contributed by atoms with Crippen molar-refractivity contribution in [2.75, 3.05) is 0 Å². The van der Waals surface area contributed by atoms with Crippen LogP contribution in [0.2, 0.25) is 0 Å². The normalized spacial score (nSPS) is 10.2. The van der Waals surface area contributed by atoms with Crippen molar-refractivity contribution < 1.29 is 9.21 Å². The van der Waals surface area contributed by atoms with Gasteiger partial charge in [0.2, 0.25) is 0 Å². The van der Waals surface area contributed by atoms with Crippen molar-refractivity contribution in [2.24, 2.45) is 0 Å². The molecule has 2 rings (SSSR count). The van der Waals surface area contributed by atoms with Crippen molar-refractivity contribution in [1.29, 1.82) is 0 Å². The van der Waals surface area contributed by atoms with Crippen LogP contribution < -0.4 is 0 Å². The van der Waals surface area contributed by atoms with Crippen molar-refractivity contribution in [3.05, 3.63) is 53.8 Å². The standard InChI is InChI=1S/C15H14O2/c1-4-13-14(10(2)16)11(3)17-15(13)12-8-6-5-7-9-12/h4-9H,1H2,2-3H3. The summed E-state index contributed by atoms with van der Waals surface area (Å²) < 4.78 is 5.69. The van der Waals surface area contributed by atoms with E-state index in [2.05, 4.69) is 6.58 Å². The van der Waals surface area contributed by atoms with Crippen LogP contribution in [0.5, 0.6) is 0 Å². The molecule has 0 amide bonds. The second-order valence-corrected chi connectivity index (χ2v) is 3.90. The minimum atomic E-state index is 0.00308. The molecule has 0 radical (unpaired) electrons. The van der Waals surface area contributed by atoms with E-state index in [0.29, 0.717) is 17.1 Å². The average Bonchev–Trinajstić information content (AvgIpc) is 2.67. The highest BCUT2D eigenvalue weighted by molar-refractivity contribution is 6.00. The number of ketones is 1. The van der Waals surface area contributed by atoms with Crippen LogP contribution in [0.4, 0.5) is 0 Å². The minimum Gasteiger partial charge on any atom is -0.460 e. The summed E-state index contributed by atoms with van der Waals surface area (Å²) in [7, 11) is 0. The lowest BCUT2D eigenvalue weighted by atomic mass is 10.0. The lowest BCUT2D eigenvalue weighted by Crippen LogP contribution is -1.94. The zero-order chi connectivity index (χ0) is 12.4. The molecule has 0 fully saturated rings. The maximum Gasteiger partial charge on any atom is 0.163 e. The Labute approximate surface area is 101 Å². The van der Waals surface area contributed by atoms with Gasteiger partial charge < -0.3 is 4.42 Å². The topological polar surface area (TPSA) is 30.2 Å². The number of rotatable bonds is 3. The molecule has 86 valence electrons. The smallest absolute Gasteiger partial charge is 0.163 e. The van der Waals surface area contributed by atoms with E-state index in [1.807, 2.05) is 30.3 Å². The van der Waals surface area contributed by atoms with Gasteiger partial charge in [-0.25, -0.2) is 0 Å². The van der Waals surface area contributed by atoms with Gasteiger partial charge in [0.25, 0.3) is 0 Å². The van der Waals surface area contributed by atoms with Gasteiger partial charge in [-0.2, -0.15) is 0 Å². The number of carbonyl (C=O) groups is 1. The Balaban J connectivity index is 2.68. The molecule has 0 atom stereocenters. The molecular weight excluding hydrogens is 212 g/mol. The summed E-state index contributed by atoms with van der Waals surface area (Å²) >= 11 is 0. The highest BCUT2D eigenvalue weighted by Crippen LogP contribution is 2.32. The zero-order valence-corrected chi connectivity index (χ0v) is 9.99. The van der Waals surface area contributed by atoms with Crippen molar-refractivity contribution in [3.8, 4) is 11.3 Å². The van der Waals surface area contributed by atoms with Crippen LogP contribution in [0.25, 0.3) is 17.4 Å². The Morgan fingerprint density at radius 1 is 1.29 bits per heavy atom. The first-order valence-corrected chi connectivity index (χ1v) is 5.47. The first-order valence-electron chi connectivity index (χ1n) is 5.47. The van der Waals surface area contributed by atoms with Crippen molar-refractivity contribution in [2.45, 2.75) is 13.8 Å². The van der Waals surface area contributed by atoms with Crippen LogP contribution in [-0.4, -0.2) is 5.78 Å². The number of carbonyl (C=O) groups excluding carboxylic acids is 1.